The second-order valence-corrected chi connectivity index (χ2v) is 33.5. The molecule has 0 saturated heterocycles. The number of rotatable bonds is 86. The molecule has 19 heteroatoms. The van der Waals surface area contributed by atoms with Gasteiger partial charge >= 0.3 is 39.5 Å². The third-order valence-electron chi connectivity index (χ3n) is 20.1. The molecule has 17 nitrogen and oxygen atoms in total. The summed E-state index contributed by atoms with van der Waals surface area (Å²) in [5.41, 5.74) is 0. The molecule has 0 aromatic carbocycles. The number of carbonyl (C=O) groups is 4. The van der Waals surface area contributed by atoms with Crippen molar-refractivity contribution in [3.05, 3.63) is 0 Å². The number of esters is 4. The van der Waals surface area contributed by atoms with E-state index in [-0.39, 0.29) is 25.7 Å². The summed E-state index contributed by atoms with van der Waals surface area (Å²) in [6.45, 7) is 5.05. The van der Waals surface area contributed by atoms with E-state index in [1.54, 1.807) is 0 Å². The van der Waals surface area contributed by atoms with Gasteiger partial charge in [0.2, 0.25) is 0 Å². The van der Waals surface area contributed by atoms with Crippen LogP contribution in [0, 0.1) is 0 Å². The summed E-state index contributed by atoms with van der Waals surface area (Å²) in [5, 5.41) is 10.7. The van der Waals surface area contributed by atoms with Gasteiger partial charge in [-0.25, -0.2) is 9.13 Å². The van der Waals surface area contributed by atoms with E-state index in [1.807, 2.05) is 0 Å². The number of unbranched alkanes of at least 4 members (excludes halogenated alkanes) is 60. The molecule has 0 spiro atoms. The number of phosphoric acid groups is 2. The van der Waals surface area contributed by atoms with Gasteiger partial charge < -0.3 is 33.8 Å². The van der Waals surface area contributed by atoms with E-state index in [9.17, 15) is 43.2 Å². The van der Waals surface area contributed by atoms with Gasteiger partial charge in [0, 0.05) is 25.7 Å². The van der Waals surface area contributed by atoms with Crippen molar-refractivity contribution in [2.75, 3.05) is 39.6 Å². The largest absolute Gasteiger partial charge is 0.472 e. The first-order chi connectivity index (χ1) is 50.7. The molecule has 2 unspecified atom stereocenters. The molecule has 0 saturated carbocycles. The van der Waals surface area contributed by atoms with Gasteiger partial charge in [0.05, 0.1) is 26.4 Å². The van der Waals surface area contributed by atoms with Crippen LogP contribution in [0.3, 0.4) is 0 Å². The van der Waals surface area contributed by atoms with E-state index in [0.29, 0.717) is 25.7 Å². The number of aliphatic hydroxyl groups is 1. The number of carbonyl (C=O) groups excluding carboxylic acids is 4. The van der Waals surface area contributed by atoms with Crippen molar-refractivity contribution in [3.8, 4) is 0 Å². The van der Waals surface area contributed by atoms with Crippen LogP contribution in [0.4, 0.5) is 0 Å². The summed E-state index contributed by atoms with van der Waals surface area (Å²) in [5.74, 6) is -2.10. The fourth-order valence-corrected chi connectivity index (χ4v) is 14.9. The molecule has 0 radical (unpaired) electrons. The summed E-state index contributed by atoms with van der Waals surface area (Å²) in [7, 11) is -9.92. The average molecular weight is 1520 g/mol. The smallest absolute Gasteiger partial charge is 0.462 e. The van der Waals surface area contributed by atoms with Crippen molar-refractivity contribution < 1.29 is 80.2 Å². The highest BCUT2D eigenvalue weighted by Gasteiger charge is 2.30. The van der Waals surface area contributed by atoms with Gasteiger partial charge in [-0.1, -0.05) is 413 Å². The van der Waals surface area contributed by atoms with E-state index in [0.717, 1.165) is 89.9 Å². The van der Waals surface area contributed by atoms with Crippen LogP contribution < -0.4 is 0 Å². The molecule has 0 bridgehead atoms. The zero-order valence-electron chi connectivity index (χ0n) is 68.0. The summed E-state index contributed by atoms with van der Waals surface area (Å²) in [6, 6.07) is 0. The predicted molar refractivity (Wildman–Crippen MR) is 428 cm³/mol. The molecule has 0 heterocycles. The van der Waals surface area contributed by atoms with Gasteiger partial charge in [-0.15, -0.1) is 0 Å². The Morgan fingerprint density at radius 2 is 0.385 bits per heavy atom. The van der Waals surface area contributed by atoms with Crippen LogP contribution in [-0.4, -0.2) is 96.7 Å². The first-order valence-corrected chi connectivity index (χ1v) is 47.3. The van der Waals surface area contributed by atoms with Crippen LogP contribution in [0.15, 0.2) is 0 Å². The van der Waals surface area contributed by atoms with E-state index < -0.39 is 97.5 Å². The molecule has 618 valence electrons. The second-order valence-electron chi connectivity index (χ2n) is 30.6. The van der Waals surface area contributed by atoms with Crippen molar-refractivity contribution in [2.45, 2.75) is 483 Å². The Morgan fingerprint density at radius 3 is 0.567 bits per heavy atom. The molecule has 0 rings (SSSR count). The highest BCUT2D eigenvalue weighted by molar-refractivity contribution is 7.47. The highest BCUT2D eigenvalue weighted by atomic mass is 31.2. The molecule has 0 aliphatic carbocycles. The molecule has 104 heavy (non-hydrogen) atoms. The second kappa shape index (κ2) is 79.2. The third kappa shape index (κ3) is 78.2. The standard InChI is InChI=1S/C85H166O17P2/c1-5-9-13-17-21-25-29-33-35-37-39-41-43-45-47-51-54-58-62-66-70-83(88)96-76-81(102-85(90)72-68-64-60-56-52-48-46-44-42-40-38-36-34-30-26-22-18-14-10-6-2)78-100-104(93,94)98-74-79(86)73-97-103(91,92)99-77-80(101-84(89)71-67-63-59-55-50-32-28-24-20-16-12-8-4)75-95-82(87)69-65-61-57-53-49-31-27-23-19-15-11-7-3/h79-81,86H,5-78H2,1-4H3,(H,91,92)(H,93,94)/t79-,80+,81+/m0/s1. The van der Waals surface area contributed by atoms with E-state index in [1.165, 1.54) is 295 Å². The lowest BCUT2D eigenvalue weighted by molar-refractivity contribution is -0.161. The molecule has 0 aromatic heterocycles. The van der Waals surface area contributed by atoms with Gasteiger partial charge in [0.1, 0.15) is 19.3 Å². The highest BCUT2D eigenvalue weighted by Crippen LogP contribution is 2.45. The molecular formula is C85H166O17P2. The first-order valence-electron chi connectivity index (χ1n) is 44.3. The first kappa shape index (κ1) is 102. The zero-order valence-corrected chi connectivity index (χ0v) is 69.8. The Bertz CT molecular complexity index is 1960. The molecule has 0 aliphatic heterocycles. The zero-order chi connectivity index (χ0) is 76.0. The van der Waals surface area contributed by atoms with Crippen LogP contribution >= 0.6 is 15.6 Å². The molecule has 0 amide bonds. The minimum Gasteiger partial charge on any atom is -0.462 e. The van der Waals surface area contributed by atoms with Gasteiger partial charge in [-0.2, -0.15) is 0 Å². The Kier molecular flexibility index (Phi) is 77.7. The van der Waals surface area contributed by atoms with E-state index >= 15 is 0 Å². The van der Waals surface area contributed by atoms with Crippen LogP contribution in [0.5, 0.6) is 0 Å². The lowest BCUT2D eigenvalue weighted by atomic mass is 10.0. The summed E-state index contributed by atoms with van der Waals surface area (Å²) >= 11 is 0. The predicted octanol–water partition coefficient (Wildman–Crippen LogP) is 26.1. The molecule has 0 aromatic rings. The third-order valence-corrected chi connectivity index (χ3v) is 22.0. The number of hydrogen-bond acceptors (Lipinski definition) is 15. The van der Waals surface area contributed by atoms with Crippen molar-refractivity contribution in [2.24, 2.45) is 0 Å². The Morgan fingerprint density at radius 1 is 0.231 bits per heavy atom. The SMILES string of the molecule is CCCCCCCCCCCCCCCCCCCCCCC(=O)OC[C@H](COP(=O)(O)OC[C@@H](O)COP(=O)(O)OC[C@@H](COC(=O)CCCCCCCCCCCCCC)OC(=O)CCCCCCCCCCCCCC)OC(=O)CCCCCCCCCCCCCCCCCCCCCC. The topological polar surface area (TPSA) is 237 Å². The summed E-state index contributed by atoms with van der Waals surface area (Å²) in [4.78, 5) is 73.2. The quantitative estimate of drug-likeness (QED) is 0.0222. The maximum atomic E-state index is 13.1. The van der Waals surface area contributed by atoms with E-state index in [4.69, 9.17) is 37.0 Å². The summed E-state index contributed by atoms with van der Waals surface area (Å²) in [6.07, 6.45) is 73.6. The van der Waals surface area contributed by atoms with Gasteiger partial charge in [0.15, 0.2) is 12.2 Å². The molecule has 5 atom stereocenters. The average Bonchev–Trinajstić information content (AvgIpc) is 0.924. The van der Waals surface area contributed by atoms with Crippen LogP contribution in [-0.2, 0) is 65.4 Å². The van der Waals surface area contributed by atoms with Crippen molar-refractivity contribution in [3.63, 3.8) is 0 Å². The minimum absolute atomic E-state index is 0.108. The maximum Gasteiger partial charge on any atom is 0.472 e. The number of phosphoric ester groups is 2. The number of hydrogen-bond donors (Lipinski definition) is 3. The van der Waals surface area contributed by atoms with Gasteiger partial charge in [-0.3, -0.25) is 37.3 Å². The van der Waals surface area contributed by atoms with Crippen LogP contribution in [0.25, 0.3) is 0 Å². The lowest BCUT2D eigenvalue weighted by Gasteiger charge is -2.21. The summed E-state index contributed by atoms with van der Waals surface area (Å²) < 4.78 is 68.8. The number of aliphatic hydroxyl groups excluding tert-OH is 1. The van der Waals surface area contributed by atoms with Crippen molar-refractivity contribution in [1.29, 1.82) is 0 Å². The molecule has 3 N–H and O–H groups in total. The maximum absolute atomic E-state index is 13.1. The Hall–Kier alpha value is -1.94. The van der Waals surface area contributed by atoms with Gasteiger partial charge in [0.25, 0.3) is 0 Å². The van der Waals surface area contributed by atoms with Crippen molar-refractivity contribution in [1.82, 2.24) is 0 Å². The molecule has 0 aliphatic rings. The van der Waals surface area contributed by atoms with Crippen LogP contribution in [0.1, 0.15) is 464 Å². The minimum atomic E-state index is -4.96. The van der Waals surface area contributed by atoms with E-state index in [2.05, 4.69) is 27.7 Å². The fourth-order valence-electron chi connectivity index (χ4n) is 13.3. The molecule has 0 fully saturated rings. The number of ether oxygens (including phenoxy) is 4. The Balaban J connectivity index is 5.22. The normalized spacial score (nSPS) is 13.7. The van der Waals surface area contributed by atoms with Gasteiger partial charge in [-0.05, 0) is 25.7 Å². The fraction of sp³-hybridized carbons (Fsp3) is 0.953. The van der Waals surface area contributed by atoms with Crippen molar-refractivity contribution >= 4 is 39.5 Å². The van der Waals surface area contributed by atoms with Crippen LogP contribution in [0.2, 0.25) is 0 Å². The Labute approximate surface area is 638 Å². The molecular weight excluding hydrogens is 1350 g/mol. The lowest BCUT2D eigenvalue weighted by Crippen LogP contribution is -2.30. The monoisotopic (exact) mass is 1520 g/mol.